The Balaban J connectivity index is 1.75. The van der Waals surface area contributed by atoms with E-state index in [4.69, 9.17) is 0 Å². The summed E-state index contributed by atoms with van der Waals surface area (Å²) in [6.07, 6.45) is 4.32. The molecule has 1 saturated heterocycles. The number of aliphatic hydroxyl groups is 1. The number of anilines is 1. The zero-order chi connectivity index (χ0) is 14.4. The number of hydrogen-bond donors (Lipinski definition) is 2. The average Bonchev–Trinajstić information content (AvgIpc) is 2.47. The number of nitrogens with one attached hydrogen (secondary N) is 1. The fourth-order valence-corrected chi connectivity index (χ4v) is 3.43. The average molecular weight is 294 g/mol. The van der Waals surface area contributed by atoms with E-state index in [0.29, 0.717) is 12.6 Å². The van der Waals surface area contributed by atoms with Crippen LogP contribution in [0.2, 0.25) is 0 Å². The van der Waals surface area contributed by atoms with Crippen LogP contribution in [-0.4, -0.2) is 48.4 Å². The molecule has 0 aromatic heterocycles. The van der Waals surface area contributed by atoms with Gasteiger partial charge in [0, 0.05) is 37.1 Å². The van der Waals surface area contributed by atoms with Gasteiger partial charge in [0.15, 0.2) is 0 Å². The first-order valence-corrected chi connectivity index (χ1v) is 8.75. The third kappa shape index (κ3) is 4.69. The van der Waals surface area contributed by atoms with Crippen LogP contribution >= 0.6 is 11.8 Å². The molecule has 1 unspecified atom stereocenters. The maximum absolute atomic E-state index is 10.2. The molecule has 4 heteroatoms. The molecule has 0 bridgehead atoms. The Morgan fingerprint density at radius 3 is 2.55 bits per heavy atom. The van der Waals surface area contributed by atoms with Crippen LogP contribution in [0.15, 0.2) is 30.3 Å². The lowest BCUT2D eigenvalue weighted by Crippen LogP contribution is -2.48. The summed E-state index contributed by atoms with van der Waals surface area (Å²) in [6, 6.07) is 11.1. The SMILES string of the molecule is CSCC(C)(O)CNC1CCN(c2ccccc2)CC1. The van der Waals surface area contributed by atoms with E-state index < -0.39 is 5.60 Å². The standard InChI is InChI=1S/C16H26N2OS/c1-16(19,13-20-2)12-17-14-8-10-18(11-9-14)15-6-4-3-5-7-15/h3-7,14,17,19H,8-13H2,1-2H3. The van der Waals surface area contributed by atoms with Crippen LogP contribution < -0.4 is 10.2 Å². The van der Waals surface area contributed by atoms with Gasteiger partial charge in [-0.2, -0.15) is 11.8 Å². The quantitative estimate of drug-likeness (QED) is 0.844. The molecular weight excluding hydrogens is 268 g/mol. The number of piperidine rings is 1. The van der Waals surface area contributed by atoms with Crippen molar-refractivity contribution in [3.8, 4) is 0 Å². The fourth-order valence-electron chi connectivity index (χ4n) is 2.71. The Morgan fingerprint density at radius 2 is 1.95 bits per heavy atom. The molecule has 0 spiro atoms. The minimum Gasteiger partial charge on any atom is -0.388 e. The first-order chi connectivity index (χ1) is 9.61. The molecule has 0 aliphatic carbocycles. The van der Waals surface area contributed by atoms with Gasteiger partial charge in [0.25, 0.3) is 0 Å². The molecule has 3 nitrogen and oxygen atoms in total. The first-order valence-electron chi connectivity index (χ1n) is 7.35. The summed E-state index contributed by atoms with van der Waals surface area (Å²) in [6.45, 7) is 4.78. The minimum absolute atomic E-state index is 0.531. The molecule has 0 amide bonds. The second-order valence-electron chi connectivity index (χ2n) is 5.91. The fraction of sp³-hybridized carbons (Fsp3) is 0.625. The number of benzene rings is 1. The molecule has 1 heterocycles. The molecule has 0 saturated carbocycles. The van der Waals surface area contributed by atoms with Crippen LogP contribution in [0, 0.1) is 0 Å². The predicted molar refractivity (Wildman–Crippen MR) is 88.7 cm³/mol. The predicted octanol–water partition coefficient (Wildman–Crippen LogP) is 2.36. The highest BCUT2D eigenvalue weighted by Gasteiger charge is 2.24. The highest BCUT2D eigenvalue weighted by molar-refractivity contribution is 7.98. The van der Waals surface area contributed by atoms with Gasteiger partial charge >= 0.3 is 0 Å². The van der Waals surface area contributed by atoms with Crippen molar-refractivity contribution in [1.82, 2.24) is 5.32 Å². The van der Waals surface area contributed by atoms with Crippen LogP contribution in [0.25, 0.3) is 0 Å². The van der Waals surface area contributed by atoms with Gasteiger partial charge in [0.2, 0.25) is 0 Å². The van der Waals surface area contributed by atoms with Crippen molar-refractivity contribution in [3.63, 3.8) is 0 Å². The normalized spacial score (nSPS) is 19.9. The van der Waals surface area contributed by atoms with E-state index in [0.717, 1.165) is 31.7 Å². The molecule has 2 N–H and O–H groups in total. The Morgan fingerprint density at radius 1 is 1.30 bits per heavy atom. The summed E-state index contributed by atoms with van der Waals surface area (Å²) in [5.74, 6) is 0.781. The van der Waals surface area contributed by atoms with E-state index in [1.165, 1.54) is 5.69 Å². The van der Waals surface area contributed by atoms with Crippen molar-refractivity contribution < 1.29 is 5.11 Å². The molecule has 2 rings (SSSR count). The van der Waals surface area contributed by atoms with Gasteiger partial charge in [-0.05, 0) is 38.2 Å². The summed E-state index contributed by atoms with van der Waals surface area (Å²) in [5.41, 5.74) is 0.719. The number of para-hydroxylation sites is 1. The molecule has 1 aromatic carbocycles. The molecule has 1 aromatic rings. The highest BCUT2D eigenvalue weighted by atomic mass is 32.2. The lowest BCUT2D eigenvalue weighted by Gasteiger charge is -2.35. The zero-order valence-electron chi connectivity index (χ0n) is 12.5. The van der Waals surface area contributed by atoms with E-state index in [-0.39, 0.29) is 0 Å². The number of hydrogen-bond acceptors (Lipinski definition) is 4. The second kappa shape index (κ2) is 7.34. The van der Waals surface area contributed by atoms with E-state index >= 15 is 0 Å². The molecule has 20 heavy (non-hydrogen) atoms. The van der Waals surface area contributed by atoms with Crippen molar-refractivity contribution in [2.75, 3.05) is 36.5 Å². The minimum atomic E-state index is -0.601. The van der Waals surface area contributed by atoms with Crippen LogP contribution in [-0.2, 0) is 0 Å². The smallest absolute Gasteiger partial charge is 0.0833 e. The third-order valence-corrected chi connectivity index (χ3v) is 4.75. The maximum Gasteiger partial charge on any atom is 0.0833 e. The van der Waals surface area contributed by atoms with Crippen molar-refractivity contribution >= 4 is 17.4 Å². The van der Waals surface area contributed by atoms with Crippen molar-refractivity contribution in [2.45, 2.75) is 31.4 Å². The van der Waals surface area contributed by atoms with Gasteiger partial charge in [0.1, 0.15) is 0 Å². The molecule has 1 fully saturated rings. The van der Waals surface area contributed by atoms with Crippen LogP contribution in [0.3, 0.4) is 0 Å². The molecule has 1 aliphatic heterocycles. The topological polar surface area (TPSA) is 35.5 Å². The van der Waals surface area contributed by atoms with Crippen molar-refractivity contribution in [2.24, 2.45) is 0 Å². The molecular formula is C16H26N2OS. The van der Waals surface area contributed by atoms with Gasteiger partial charge in [-0.15, -0.1) is 0 Å². The van der Waals surface area contributed by atoms with Gasteiger partial charge < -0.3 is 15.3 Å². The molecule has 112 valence electrons. The van der Waals surface area contributed by atoms with Crippen LogP contribution in [0.4, 0.5) is 5.69 Å². The Labute approximate surface area is 126 Å². The van der Waals surface area contributed by atoms with Gasteiger partial charge in [0.05, 0.1) is 5.60 Å². The second-order valence-corrected chi connectivity index (χ2v) is 6.77. The lowest BCUT2D eigenvalue weighted by atomic mass is 10.0. The lowest BCUT2D eigenvalue weighted by molar-refractivity contribution is 0.0802. The zero-order valence-corrected chi connectivity index (χ0v) is 13.3. The van der Waals surface area contributed by atoms with Crippen LogP contribution in [0.5, 0.6) is 0 Å². The number of rotatable bonds is 6. The third-order valence-electron chi connectivity index (χ3n) is 3.84. The summed E-state index contributed by atoms with van der Waals surface area (Å²) < 4.78 is 0. The van der Waals surface area contributed by atoms with E-state index in [9.17, 15) is 5.11 Å². The maximum atomic E-state index is 10.2. The van der Waals surface area contributed by atoms with Crippen molar-refractivity contribution in [1.29, 1.82) is 0 Å². The Bertz CT molecular complexity index is 389. The molecule has 0 radical (unpaired) electrons. The molecule has 1 aliphatic rings. The highest BCUT2D eigenvalue weighted by Crippen LogP contribution is 2.20. The van der Waals surface area contributed by atoms with E-state index in [2.05, 4.69) is 40.5 Å². The number of nitrogens with zero attached hydrogens (tertiary/aromatic N) is 1. The van der Waals surface area contributed by atoms with Crippen molar-refractivity contribution in [3.05, 3.63) is 30.3 Å². The van der Waals surface area contributed by atoms with Gasteiger partial charge in [-0.3, -0.25) is 0 Å². The summed E-state index contributed by atoms with van der Waals surface area (Å²) in [5, 5.41) is 13.7. The van der Waals surface area contributed by atoms with E-state index in [1.54, 1.807) is 11.8 Å². The monoisotopic (exact) mass is 294 g/mol. The summed E-state index contributed by atoms with van der Waals surface area (Å²) in [4.78, 5) is 2.44. The Kier molecular flexibility index (Phi) is 5.75. The first kappa shape index (κ1) is 15.7. The van der Waals surface area contributed by atoms with Gasteiger partial charge in [-0.25, -0.2) is 0 Å². The summed E-state index contributed by atoms with van der Waals surface area (Å²) in [7, 11) is 0. The molecule has 1 atom stereocenters. The van der Waals surface area contributed by atoms with E-state index in [1.807, 2.05) is 13.2 Å². The Hall–Kier alpha value is -0.710. The largest absolute Gasteiger partial charge is 0.388 e. The van der Waals surface area contributed by atoms with Gasteiger partial charge in [-0.1, -0.05) is 18.2 Å². The summed E-state index contributed by atoms with van der Waals surface area (Å²) >= 11 is 1.69. The van der Waals surface area contributed by atoms with Crippen LogP contribution in [0.1, 0.15) is 19.8 Å². The number of thioether (sulfide) groups is 1.